The van der Waals surface area contributed by atoms with E-state index >= 15 is 0 Å². The van der Waals surface area contributed by atoms with Gasteiger partial charge in [0.05, 0.1) is 25.2 Å². The number of hydrogen-bond acceptors (Lipinski definition) is 6. The molecule has 0 radical (unpaired) electrons. The molecule has 0 N–H and O–H groups in total. The predicted molar refractivity (Wildman–Crippen MR) is 70.5 cm³/mol. The minimum atomic E-state index is -0.699. The minimum absolute atomic E-state index is 0.0248. The van der Waals surface area contributed by atoms with Crippen LogP contribution >= 0.6 is 0 Å². The van der Waals surface area contributed by atoms with Crippen molar-refractivity contribution in [2.45, 2.75) is 6.54 Å². The number of carbonyl (C=O) groups is 1. The maximum Gasteiger partial charge on any atom is 0.344 e. The summed E-state index contributed by atoms with van der Waals surface area (Å²) in [6.45, 7) is 3.54. The van der Waals surface area contributed by atoms with Gasteiger partial charge in [0.1, 0.15) is 5.56 Å². The molecule has 0 saturated carbocycles. The molecule has 7 heteroatoms. The van der Waals surface area contributed by atoms with Crippen molar-refractivity contribution in [3.63, 3.8) is 0 Å². The quantitative estimate of drug-likeness (QED) is 0.468. The van der Waals surface area contributed by atoms with Crippen molar-refractivity contribution in [2.24, 2.45) is 0 Å². The van der Waals surface area contributed by atoms with E-state index in [9.17, 15) is 14.9 Å². The third-order valence-electron chi connectivity index (χ3n) is 3.17. The third-order valence-corrected chi connectivity index (χ3v) is 3.17. The molecule has 1 aliphatic rings. The van der Waals surface area contributed by atoms with Crippen molar-refractivity contribution in [2.75, 3.05) is 33.4 Å². The minimum Gasteiger partial charge on any atom is -0.465 e. The van der Waals surface area contributed by atoms with E-state index < -0.39 is 10.9 Å². The normalized spacial score (nSPS) is 15.8. The highest BCUT2D eigenvalue weighted by molar-refractivity contribution is 5.93. The lowest BCUT2D eigenvalue weighted by Crippen LogP contribution is -2.35. The van der Waals surface area contributed by atoms with Gasteiger partial charge in [-0.15, -0.1) is 0 Å². The van der Waals surface area contributed by atoms with Crippen LogP contribution < -0.4 is 0 Å². The zero-order valence-corrected chi connectivity index (χ0v) is 11.2. The van der Waals surface area contributed by atoms with Gasteiger partial charge in [-0.25, -0.2) is 4.79 Å². The molecular weight excluding hydrogens is 264 g/mol. The number of carbonyl (C=O) groups excluding carboxylic acids is 1. The van der Waals surface area contributed by atoms with Gasteiger partial charge in [-0.05, 0) is 11.6 Å². The molecule has 1 fully saturated rings. The van der Waals surface area contributed by atoms with E-state index in [4.69, 9.17) is 4.74 Å². The average Bonchev–Trinajstić information content (AvgIpc) is 2.47. The number of methoxy groups -OCH3 is 1. The Bertz CT molecular complexity index is 511. The van der Waals surface area contributed by atoms with Crippen molar-refractivity contribution in [3.05, 3.63) is 39.4 Å². The van der Waals surface area contributed by atoms with Crippen LogP contribution in [0.1, 0.15) is 15.9 Å². The molecule has 1 aromatic rings. The van der Waals surface area contributed by atoms with Crippen molar-refractivity contribution in [3.8, 4) is 0 Å². The fourth-order valence-corrected chi connectivity index (χ4v) is 2.13. The number of hydrogen-bond donors (Lipinski definition) is 0. The predicted octanol–water partition coefficient (Wildman–Crippen LogP) is 1.21. The number of nitro benzene ring substituents is 1. The van der Waals surface area contributed by atoms with Crippen LogP contribution in [0.3, 0.4) is 0 Å². The Morgan fingerprint density at radius 3 is 2.75 bits per heavy atom. The van der Waals surface area contributed by atoms with Crippen molar-refractivity contribution < 1.29 is 19.2 Å². The molecule has 0 aromatic heterocycles. The summed E-state index contributed by atoms with van der Waals surface area (Å²) in [6.07, 6.45) is 0. The molecule has 0 bridgehead atoms. The first-order valence-electron chi connectivity index (χ1n) is 6.27. The van der Waals surface area contributed by atoms with Gasteiger partial charge in [-0.2, -0.15) is 0 Å². The van der Waals surface area contributed by atoms with E-state index in [-0.39, 0.29) is 11.3 Å². The second-order valence-electron chi connectivity index (χ2n) is 4.49. The third kappa shape index (κ3) is 3.31. The lowest BCUT2D eigenvalue weighted by Gasteiger charge is -2.26. The van der Waals surface area contributed by atoms with Crippen LogP contribution in [-0.2, 0) is 16.0 Å². The number of nitrogens with zero attached hydrogens (tertiary/aromatic N) is 2. The number of esters is 1. The smallest absolute Gasteiger partial charge is 0.344 e. The summed E-state index contributed by atoms with van der Waals surface area (Å²) in [6, 6.07) is 4.59. The second kappa shape index (κ2) is 6.44. The topological polar surface area (TPSA) is 81.9 Å². The Hall–Kier alpha value is -1.99. The molecule has 108 valence electrons. The van der Waals surface area contributed by atoms with E-state index in [1.165, 1.54) is 19.2 Å². The largest absolute Gasteiger partial charge is 0.465 e. The zero-order valence-electron chi connectivity index (χ0n) is 11.2. The molecule has 0 aliphatic carbocycles. The molecule has 1 aromatic carbocycles. The van der Waals surface area contributed by atoms with Crippen LogP contribution in [-0.4, -0.2) is 49.2 Å². The molecular formula is C13H16N2O5. The number of morpholine rings is 1. The fourth-order valence-electron chi connectivity index (χ4n) is 2.13. The molecule has 2 rings (SSSR count). The van der Waals surface area contributed by atoms with Gasteiger partial charge in [0.25, 0.3) is 5.69 Å². The van der Waals surface area contributed by atoms with Gasteiger partial charge in [0.2, 0.25) is 0 Å². The summed E-state index contributed by atoms with van der Waals surface area (Å²) in [7, 11) is 1.20. The number of benzene rings is 1. The monoisotopic (exact) mass is 280 g/mol. The molecule has 1 aliphatic heterocycles. The van der Waals surface area contributed by atoms with Crippen molar-refractivity contribution in [1.82, 2.24) is 4.90 Å². The van der Waals surface area contributed by atoms with Crippen LogP contribution in [0.15, 0.2) is 18.2 Å². The fraction of sp³-hybridized carbons (Fsp3) is 0.462. The number of rotatable bonds is 4. The Morgan fingerprint density at radius 2 is 2.15 bits per heavy atom. The van der Waals surface area contributed by atoms with E-state index in [1.807, 2.05) is 0 Å². The Labute approximate surface area is 116 Å². The lowest BCUT2D eigenvalue weighted by molar-refractivity contribution is -0.385. The van der Waals surface area contributed by atoms with Crippen LogP contribution in [0.2, 0.25) is 0 Å². The first kappa shape index (κ1) is 14.4. The Kier molecular flexibility index (Phi) is 4.65. The summed E-state index contributed by atoms with van der Waals surface area (Å²) in [5.41, 5.74) is 0.553. The van der Waals surface area contributed by atoms with Gasteiger partial charge in [-0.3, -0.25) is 15.0 Å². The standard InChI is InChI=1S/C13H16N2O5/c1-19-13(16)11-3-2-10(8-12(11)15(17)18)9-14-4-6-20-7-5-14/h2-3,8H,4-7,9H2,1H3. The summed E-state index contributed by atoms with van der Waals surface area (Å²) in [4.78, 5) is 24.1. The SMILES string of the molecule is COC(=O)c1ccc(CN2CCOCC2)cc1[N+](=O)[O-]. The molecule has 20 heavy (non-hydrogen) atoms. The van der Waals surface area contributed by atoms with Gasteiger partial charge in [-0.1, -0.05) is 6.07 Å². The maximum absolute atomic E-state index is 11.5. The molecule has 1 saturated heterocycles. The van der Waals surface area contributed by atoms with Gasteiger partial charge in [0.15, 0.2) is 0 Å². The Morgan fingerprint density at radius 1 is 1.45 bits per heavy atom. The van der Waals surface area contributed by atoms with Crippen LogP contribution in [0.5, 0.6) is 0 Å². The van der Waals surface area contributed by atoms with Crippen LogP contribution in [0, 0.1) is 10.1 Å². The van der Waals surface area contributed by atoms with Crippen LogP contribution in [0.25, 0.3) is 0 Å². The maximum atomic E-state index is 11.5. The van der Waals surface area contributed by atoms with Crippen molar-refractivity contribution >= 4 is 11.7 Å². The lowest BCUT2D eigenvalue weighted by atomic mass is 10.1. The molecule has 1 heterocycles. The van der Waals surface area contributed by atoms with E-state index in [0.717, 1.165) is 18.7 Å². The van der Waals surface area contributed by atoms with E-state index in [1.54, 1.807) is 6.07 Å². The first-order chi connectivity index (χ1) is 9.61. The zero-order chi connectivity index (χ0) is 14.5. The van der Waals surface area contributed by atoms with Crippen LogP contribution in [0.4, 0.5) is 5.69 Å². The second-order valence-corrected chi connectivity index (χ2v) is 4.49. The highest BCUT2D eigenvalue weighted by Gasteiger charge is 2.22. The molecule has 0 unspecified atom stereocenters. The van der Waals surface area contributed by atoms with Crippen molar-refractivity contribution in [1.29, 1.82) is 0 Å². The number of ether oxygens (including phenoxy) is 2. The molecule has 0 atom stereocenters. The molecule has 0 amide bonds. The van der Waals surface area contributed by atoms with Gasteiger partial charge >= 0.3 is 5.97 Å². The highest BCUT2D eigenvalue weighted by Crippen LogP contribution is 2.22. The first-order valence-corrected chi connectivity index (χ1v) is 6.27. The van der Waals surface area contributed by atoms with E-state index in [0.29, 0.717) is 19.8 Å². The highest BCUT2D eigenvalue weighted by atomic mass is 16.6. The number of nitro groups is 1. The van der Waals surface area contributed by atoms with Gasteiger partial charge in [0, 0.05) is 25.7 Å². The molecule has 7 nitrogen and oxygen atoms in total. The van der Waals surface area contributed by atoms with E-state index in [2.05, 4.69) is 9.64 Å². The summed E-state index contributed by atoms with van der Waals surface area (Å²) in [5.74, 6) is -0.699. The Balaban J connectivity index is 2.20. The summed E-state index contributed by atoms with van der Waals surface area (Å²) in [5, 5.41) is 11.1. The summed E-state index contributed by atoms with van der Waals surface area (Å²) < 4.78 is 9.80. The average molecular weight is 280 g/mol. The van der Waals surface area contributed by atoms with Gasteiger partial charge < -0.3 is 9.47 Å². The summed E-state index contributed by atoms with van der Waals surface area (Å²) >= 11 is 0. The molecule has 0 spiro atoms.